The summed E-state index contributed by atoms with van der Waals surface area (Å²) in [6, 6.07) is 22.9. The van der Waals surface area contributed by atoms with Gasteiger partial charge in [0, 0.05) is 11.6 Å². The molecule has 9 nitrogen and oxygen atoms in total. The van der Waals surface area contributed by atoms with E-state index in [4.69, 9.17) is 4.74 Å². The Bertz CT molecular complexity index is 1140. The van der Waals surface area contributed by atoms with Gasteiger partial charge in [-0.3, -0.25) is 30.6 Å². The summed E-state index contributed by atoms with van der Waals surface area (Å²) in [4.78, 5) is 35.9. The van der Waals surface area contributed by atoms with Gasteiger partial charge in [0.05, 0.1) is 30.2 Å². The topological polar surface area (TPSA) is 123 Å². The number of ether oxygens (including phenoxy) is 1. The lowest BCUT2D eigenvalue weighted by atomic mass is 9.90. The minimum Gasteiger partial charge on any atom is -0.490 e. The van der Waals surface area contributed by atoms with Gasteiger partial charge < -0.3 is 10.1 Å². The third-order valence-electron chi connectivity index (χ3n) is 5.03. The molecular formula is C25H24N4O5. The quantitative estimate of drug-likeness (QED) is 0.316. The highest BCUT2D eigenvalue weighted by Gasteiger charge is 2.23. The number of nitro groups is 1. The van der Waals surface area contributed by atoms with Crippen LogP contribution in [0.3, 0.4) is 0 Å². The predicted molar refractivity (Wildman–Crippen MR) is 128 cm³/mol. The van der Waals surface area contributed by atoms with Crippen LogP contribution in [0.4, 0.5) is 5.69 Å². The van der Waals surface area contributed by atoms with E-state index < -0.39 is 16.7 Å². The van der Waals surface area contributed by atoms with Gasteiger partial charge in [-0.2, -0.15) is 0 Å². The summed E-state index contributed by atoms with van der Waals surface area (Å²) in [5.41, 5.74) is 7.05. The lowest BCUT2D eigenvalue weighted by Crippen LogP contribution is -2.44. The van der Waals surface area contributed by atoms with Crippen molar-refractivity contribution in [1.82, 2.24) is 16.2 Å². The maximum Gasteiger partial charge on any atom is 0.311 e. The van der Waals surface area contributed by atoms with Crippen molar-refractivity contribution < 1.29 is 19.2 Å². The number of benzene rings is 3. The van der Waals surface area contributed by atoms with E-state index in [1.165, 1.54) is 19.2 Å². The molecule has 0 aliphatic rings. The molecule has 174 valence electrons. The van der Waals surface area contributed by atoms with E-state index in [0.717, 1.165) is 11.1 Å². The summed E-state index contributed by atoms with van der Waals surface area (Å²) in [5, 5.41) is 13.9. The van der Waals surface area contributed by atoms with Crippen LogP contribution < -0.4 is 20.9 Å². The zero-order chi connectivity index (χ0) is 24.5. The van der Waals surface area contributed by atoms with Crippen molar-refractivity contribution >= 4 is 23.2 Å². The maximum atomic E-state index is 13.0. The molecule has 0 radical (unpaired) electrons. The largest absolute Gasteiger partial charge is 0.490 e. The smallest absolute Gasteiger partial charge is 0.311 e. The van der Waals surface area contributed by atoms with Crippen LogP contribution in [0.15, 0.2) is 85.4 Å². The van der Waals surface area contributed by atoms with E-state index in [2.05, 4.69) is 22.7 Å². The van der Waals surface area contributed by atoms with Crippen molar-refractivity contribution in [3.63, 3.8) is 0 Å². The molecule has 0 spiro atoms. The molecule has 3 aromatic carbocycles. The lowest BCUT2D eigenvalue weighted by molar-refractivity contribution is -0.385. The average molecular weight is 460 g/mol. The Morgan fingerprint density at radius 3 is 2.09 bits per heavy atom. The summed E-state index contributed by atoms with van der Waals surface area (Å²) in [5.74, 6) is -1.30. The van der Waals surface area contributed by atoms with Gasteiger partial charge in [-0.05, 0) is 23.3 Å². The third kappa shape index (κ3) is 5.98. The highest BCUT2D eigenvalue weighted by atomic mass is 16.6. The van der Waals surface area contributed by atoms with Crippen molar-refractivity contribution in [1.29, 1.82) is 0 Å². The van der Waals surface area contributed by atoms with Gasteiger partial charge in [0.2, 0.25) is 5.91 Å². The molecule has 0 heterocycles. The summed E-state index contributed by atoms with van der Waals surface area (Å²) >= 11 is 0. The summed E-state index contributed by atoms with van der Waals surface area (Å²) in [7, 11) is 1.34. The lowest BCUT2D eigenvalue weighted by Gasteiger charge is -2.18. The molecule has 3 aromatic rings. The Balaban J connectivity index is 1.60. The van der Waals surface area contributed by atoms with Crippen molar-refractivity contribution in [3.8, 4) is 5.75 Å². The predicted octanol–water partition coefficient (Wildman–Crippen LogP) is 3.14. The average Bonchev–Trinajstić information content (AvgIpc) is 2.87. The number of nitrogens with zero attached hydrogens (tertiary/aromatic N) is 1. The third-order valence-corrected chi connectivity index (χ3v) is 5.03. The molecule has 3 rings (SSSR count). The molecule has 34 heavy (non-hydrogen) atoms. The van der Waals surface area contributed by atoms with E-state index in [-0.39, 0.29) is 29.6 Å². The van der Waals surface area contributed by atoms with Crippen molar-refractivity contribution in [3.05, 3.63) is 112 Å². The van der Waals surface area contributed by atoms with Gasteiger partial charge in [-0.15, -0.1) is 0 Å². The summed E-state index contributed by atoms with van der Waals surface area (Å²) in [6.07, 6.45) is 0. The number of hydrazine groups is 1. The minimum absolute atomic E-state index is 0.111. The van der Waals surface area contributed by atoms with E-state index in [0.29, 0.717) is 5.56 Å². The zero-order valence-electron chi connectivity index (χ0n) is 18.5. The highest BCUT2D eigenvalue weighted by Crippen LogP contribution is 2.29. The van der Waals surface area contributed by atoms with Crippen molar-refractivity contribution in [2.24, 2.45) is 0 Å². The Labute approximate surface area is 196 Å². The first-order chi connectivity index (χ1) is 16.4. The van der Waals surface area contributed by atoms with E-state index in [9.17, 15) is 19.7 Å². The van der Waals surface area contributed by atoms with Crippen LogP contribution in [0.1, 0.15) is 22.6 Å². The molecule has 0 fully saturated rings. The monoisotopic (exact) mass is 460 g/mol. The van der Waals surface area contributed by atoms with Gasteiger partial charge in [-0.25, -0.2) is 0 Å². The molecule has 0 aromatic heterocycles. The number of carbonyl (C=O) groups is 2. The van der Waals surface area contributed by atoms with Gasteiger partial charge in [0.1, 0.15) is 0 Å². The Hall–Kier alpha value is -4.66. The molecule has 0 aliphatic heterocycles. The Morgan fingerprint density at radius 1 is 0.971 bits per heavy atom. The van der Waals surface area contributed by atoms with Crippen LogP contribution in [-0.2, 0) is 9.59 Å². The van der Waals surface area contributed by atoms with Gasteiger partial charge >= 0.3 is 5.69 Å². The number of methoxy groups -OCH3 is 1. The fourth-order valence-electron chi connectivity index (χ4n) is 3.34. The molecular weight excluding hydrogens is 436 g/mol. The van der Waals surface area contributed by atoms with Crippen LogP contribution >= 0.6 is 0 Å². The summed E-state index contributed by atoms with van der Waals surface area (Å²) in [6.45, 7) is 3.50. The number of carbonyl (C=O) groups excluding carboxylic acids is 2. The Kier molecular flexibility index (Phi) is 7.96. The van der Waals surface area contributed by atoms with Crippen LogP contribution in [-0.4, -0.2) is 30.4 Å². The number of nitrogens with one attached hydrogen (secondary N) is 3. The first-order valence-corrected chi connectivity index (χ1v) is 10.3. The standard InChI is InChI=1S/C25H24N4O5/c1-17(20-13-14-22(34-2)21(15-20)29(32)33)27-28-23(30)16-26-25(31)24(18-9-5-3-6-10-18)19-11-7-4-8-12-19/h3-15,24,27H,1,16H2,2H3,(H,26,31)(H,28,30). The number of hydrogen-bond donors (Lipinski definition) is 3. The molecule has 0 bridgehead atoms. The van der Waals surface area contributed by atoms with Crippen molar-refractivity contribution in [2.45, 2.75) is 5.92 Å². The fourth-order valence-corrected chi connectivity index (χ4v) is 3.34. The molecule has 3 N–H and O–H groups in total. The van der Waals surface area contributed by atoms with Crippen LogP contribution in [0.2, 0.25) is 0 Å². The first-order valence-electron chi connectivity index (χ1n) is 10.3. The summed E-state index contributed by atoms with van der Waals surface area (Å²) < 4.78 is 4.98. The van der Waals surface area contributed by atoms with E-state index >= 15 is 0 Å². The van der Waals surface area contributed by atoms with Crippen LogP contribution in [0, 0.1) is 10.1 Å². The zero-order valence-corrected chi connectivity index (χ0v) is 18.5. The van der Waals surface area contributed by atoms with Crippen LogP contribution in [0.5, 0.6) is 5.75 Å². The second-order valence-electron chi connectivity index (χ2n) is 7.27. The van der Waals surface area contributed by atoms with E-state index in [1.807, 2.05) is 60.7 Å². The molecule has 0 saturated carbocycles. The first kappa shape index (κ1) is 24.0. The molecule has 0 unspecified atom stereocenters. The SMILES string of the molecule is C=C(NNC(=O)CNC(=O)C(c1ccccc1)c1ccccc1)c1ccc(OC)c([N+](=O)[O-])c1. The van der Waals surface area contributed by atoms with Crippen molar-refractivity contribution in [2.75, 3.05) is 13.7 Å². The van der Waals surface area contributed by atoms with Crippen LogP contribution in [0.25, 0.3) is 5.70 Å². The number of rotatable bonds is 10. The highest BCUT2D eigenvalue weighted by molar-refractivity contribution is 5.90. The Morgan fingerprint density at radius 2 is 1.56 bits per heavy atom. The minimum atomic E-state index is -0.571. The maximum absolute atomic E-state index is 13.0. The second-order valence-corrected chi connectivity index (χ2v) is 7.27. The number of nitro benzene ring substituents is 1. The van der Waals surface area contributed by atoms with Gasteiger partial charge in [-0.1, -0.05) is 67.2 Å². The number of amides is 2. The molecule has 0 aliphatic carbocycles. The molecule has 0 saturated heterocycles. The number of hydrogen-bond acceptors (Lipinski definition) is 6. The molecule has 9 heteroatoms. The van der Waals surface area contributed by atoms with Gasteiger partial charge in [0.15, 0.2) is 5.75 Å². The normalized spacial score (nSPS) is 10.3. The second kappa shape index (κ2) is 11.3. The van der Waals surface area contributed by atoms with E-state index in [1.54, 1.807) is 6.07 Å². The molecule has 2 amide bonds. The molecule has 0 atom stereocenters. The fraction of sp³-hybridized carbons (Fsp3) is 0.120. The van der Waals surface area contributed by atoms with Gasteiger partial charge in [0.25, 0.3) is 5.91 Å².